The molecule has 1 aromatic heterocycles. The zero-order valence-corrected chi connectivity index (χ0v) is 7.11. The Morgan fingerprint density at radius 3 is 2.80 bits per heavy atom. The van der Waals surface area contributed by atoms with Gasteiger partial charge in [0, 0.05) is 17.6 Å². The molecule has 56 valence electrons. The van der Waals surface area contributed by atoms with Crippen LogP contribution < -0.4 is 5.73 Å². The van der Waals surface area contributed by atoms with Gasteiger partial charge in [0.25, 0.3) is 0 Å². The molecule has 0 spiro atoms. The van der Waals surface area contributed by atoms with Gasteiger partial charge >= 0.3 is 0 Å². The van der Waals surface area contributed by atoms with Crippen molar-refractivity contribution in [3.8, 4) is 0 Å². The first-order valence-corrected chi connectivity index (χ1v) is 4.16. The van der Waals surface area contributed by atoms with E-state index in [-0.39, 0.29) is 0 Å². The smallest absolute Gasteiger partial charge is 0.0454 e. The van der Waals surface area contributed by atoms with Crippen molar-refractivity contribution >= 4 is 11.5 Å². The van der Waals surface area contributed by atoms with E-state index in [4.69, 9.17) is 5.73 Å². The molecular weight excluding hydrogens is 144 g/mol. The molecule has 1 aromatic rings. The van der Waals surface area contributed by atoms with Crippen molar-refractivity contribution in [2.75, 3.05) is 0 Å². The van der Waals surface area contributed by atoms with E-state index in [0.717, 1.165) is 0 Å². The quantitative estimate of drug-likeness (QED) is 0.708. The summed E-state index contributed by atoms with van der Waals surface area (Å²) < 4.78 is 4.08. The summed E-state index contributed by atoms with van der Waals surface area (Å²) in [4.78, 5) is 1.32. The highest BCUT2D eigenvalue weighted by molar-refractivity contribution is 7.06. The molecule has 10 heavy (non-hydrogen) atoms. The van der Waals surface area contributed by atoms with E-state index in [1.165, 1.54) is 10.4 Å². The summed E-state index contributed by atoms with van der Waals surface area (Å²) >= 11 is 1.55. The van der Waals surface area contributed by atoms with E-state index in [1.54, 1.807) is 11.5 Å². The van der Waals surface area contributed by atoms with E-state index in [2.05, 4.69) is 18.2 Å². The summed E-state index contributed by atoms with van der Waals surface area (Å²) in [5.41, 5.74) is 6.69. The van der Waals surface area contributed by atoms with Gasteiger partial charge in [-0.15, -0.1) is 0 Å². The summed E-state index contributed by atoms with van der Waals surface area (Å²) in [6, 6.07) is 0. The standard InChI is InChI=1S/C7H12N2S/c1-5(2)7-6(3-8)4-9-10-7/h4-5H,3,8H2,1-2H3. The lowest BCUT2D eigenvalue weighted by Gasteiger charge is -2.01. The Morgan fingerprint density at radius 1 is 1.70 bits per heavy atom. The third-order valence-corrected chi connectivity index (χ3v) is 2.56. The monoisotopic (exact) mass is 156 g/mol. The van der Waals surface area contributed by atoms with Crippen molar-refractivity contribution in [2.45, 2.75) is 26.3 Å². The highest BCUT2D eigenvalue weighted by Crippen LogP contribution is 2.22. The molecule has 0 atom stereocenters. The highest BCUT2D eigenvalue weighted by atomic mass is 32.1. The molecule has 2 N–H and O–H groups in total. The van der Waals surface area contributed by atoms with Crippen molar-refractivity contribution in [1.82, 2.24) is 4.37 Å². The highest BCUT2D eigenvalue weighted by Gasteiger charge is 2.06. The van der Waals surface area contributed by atoms with Crippen LogP contribution in [0.5, 0.6) is 0 Å². The second-order valence-corrected chi connectivity index (χ2v) is 3.41. The van der Waals surface area contributed by atoms with Crippen molar-refractivity contribution < 1.29 is 0 Å². The molecule has 2 nitrogen and oxygen atoms in total. The van der Waals surface area contributed by atoms with Crippen LogP contribution in [0.1, 0.15) is 30.2 Å². The summed E-state index contributed by atoms with van der Waals surface area (Å²) in [5, 5.41) is 0. The average Bonchev–Trinajstić information content (AvgIpc) is 2.33. The van der Waals surface area contributed by atoms with Gasteiger partial charge in [0.2, 0.25) is 0 Å². The predicted octanol–water partition coefficient (Wildman–Crippen LogP) is 1.73. The van der Waals surface area contributed by atoms with Gasteiger partial charge < -0.3 is 5.73 Å². The summed E-state index contributed by atoms with van der Waals surface area (Å²) in [7, 11) is 0. The molecule has 0 aliphatic rings. The van der Waals surface area contributed by atoms with E-state index >= 15 is 0 Å². The third-order valence-electron chi connectivity index (χ3n) is 1.42. The van der Waals surface area contributed by atoms with Gasteiger partial charge in [-0.2, -0.15) is 0 Å². The van der Waals surface area contributed by atoms with Gasteiger partial charge in [0.15, 0.2) is 0 Å². The lowest BCUT2D eigenvalue weighted by atomic mass is 10.1. The molecule has 1 rings (SSSR count). The minimum atomic E-state index is 0.561. The molecule has 0 fully saturated rings. The third kappa shape index (κ3) is 1.36. The second-order valence-electron chi connectivity index (χ2n) is 2.57. The minimum Gasteiger partial charge on any atom is -0.326 e. The molecule has 0 aliphatic heterocycles. The first kappa shape index (κ1) is 7.69. The molecule has 0 aliphatic carbocycles. The van der Waals surface area contributed by atoms with Gasteiger partial charge in [-0.25, -0.2) is 4.37 Å². The van der Waals surface area contributed by atoms with Crippen LogP contribution in [0, 0.1) is 0 Å². The lowest BCUT2D eigenvalue weighted by molar-refractivity contribution is 0.865. The van der Waals surface area contributed by atoms with Gasteiger partial charge in [-0.3, -0.25) is 0 Å². The molecule has 0 amide bonds. The van der Waals surface area contributed by atoms with Crippen molar-refractivity contribution in [2.24, 2.45) is 5.73 Å². The Hall–Kier alpha value is -0.410. The Bertz CT molecular complexity index is 205. The molecule has 0 unspecified atom stereocenters. The van der Waals surface area contributed by atoms with Crippen molar-refractivity contribution in [1.29, 1.82) is 0 Å². The number of nitrogens with zero attached hydrogens (tertiary/aromatic N) is 1. The maximum absolute atomic E-state index is 5.50. The van der Waals surface area contributed by atoms with Crippen LogP contribution in [-0.2, 0) is 6.54 Å². The average molecular weight is 156 g/mol. The minimum absolute atomic E-state index is 0.561. The van der Waals surface area contributed by atoms with Gasteiger partial charge in [0.05, 0.1) is 0 Å². The van der Waals surface area contributed by atoms with Crippen molar-refractivity contribution in [3.63, 3.8) is 0 Å². The molecule has 0 saturated heterocycles. The second kappa shape index (κ2) is 3.12. The maximum atomic E-state index is 5.50. The Morgan fingerprint density at radius 2 is 2.40 bits per heavy atom. The zero-order valence-electron chi connectivity index (χ0n) is 6.29. The van der Waals surface area contributed by atoms with Gasteiger partial charge in [-0.1, -0.05) is 13.8 Å². The molecule has 0 radical (unpaired) electrons. The molecule has 0 aromatic carbocycles. The summed E-state index contributed by atoms with van der Waals surface area (Å²) in [6.45, 7) is 4.93. The SMILES string of the molecule is CC(C)c1sncc1CN. The van der Waals surface area contributed by atoms with Crippen molar-refractivity contribution in [3.05, 3.63) is 16.6 Å². The van der Waals surface area contributed by atoms with Crippen LogP contribution in [-0.4, -0.2) is 4.37 Å². The topological polar surface area (TPSA) is 38.9 Å². The number of rotatable bonds is 2. The normalized spacial score (nSPS) is 10.8. The molecule has 3 heteroatoms. The Labute approximate surface area is 65.2 Å². The number of aromatic nitrogens is 1. The van der Waals surface area contributed by atoms with Crippen LogP contribution in [0.25, 0.3) is 0 Å². The number of hydrogen-bond donors (Lipinski definition) is 1. The zero-order chi connectivity index (χ0) is 7.56. The molecular formula is C7H12N2S. The number of hydrogen-bond acceptors (Lipinski definition) is 3. The van der Waals surface area contributed by atoms with Crippen LogP contribution >= 0.6 is 11.5 Å². The summed E-state index contributed by atoms with van der Waals surface area (Å²) in [5.74, 6) is 0.561. The molecule has 1 heterocycles. The lowest BCUT2D eigenvalue weighted by Crippen LogP contribution is -1.98. The fraction of sp³-hybridized carbons (Fsp3) is 0.571. The number of nitrogens with two attached hydrogens (primary N) is 1. The van der Waals surface area contributed by atoms with Crippen LogP contribution in [0.15, 0.2) is 6.20 Å². The van der Waals surface area contributed by atoms with Gasteiger partial charge in [0.1, 0.15) is 0 Å². The fourth-order valence-electron chi connectivity index (χ4n) is 0.898. The first-order chi connectivity index (χ1) is 4.75. The molecule has 0 saturated carbocycles. The largest absolute Gasteiger partial charge is 0.326 e. The molecule has 0 bridgehead atoms. The fourth-order valence-corrected chi connectivity index (χ4v) is 1.66. The Kier molecular flexibility index (Phi) is 2.40. The van der Waals surface area contributed by atoms with Gasteiger partial charge in [-0.05, 0) is 23.0 Å². The van der Waals surface area contributed by atoms with E-state index in [0.29, 0.717) is 12.5 Å². The van der Waals surface area contributed by atoms with E-state index < -0.39 is 0 Å². The van der Waals surface area contributed by atoms with E-state index in [1.807, 2.05) is 6.20 Å². The maximum Gasteiger partial charge on any atom is 0.0454 e. The van der Waals surface area contributed by atoms with E-state index in [9.17, 15) is 0 Å². The van der Waals surface area contributed by atoms with Crippen LogP contribution in [0.4, 0.5) is 0 Å². The first-order valence-electron chi connectivity index (χ1n) is 3.39. The summed E-state index contributed by atoms with van der Waals surface area (Å²) in [6.07, 6.45) is 1.86. The van der Waals surface area contributed by atoms with Crippen LogP contribution in [0.2, 0.25) is 0 Å². The predicted molar refractivity (Wildman–Crippen MR) is 44.1 cm³/mol. The van der Waals surface area contributed by atoms with Crippen LogP contribution in [0.3, 0.4) is 0 Å². The Balaban J connectivity index is 2.90.